The first-order chi connectivity index (χ1) is 8.94. The first-order valence-corrected chi connectivity index (χ1v) is 7.43. The molecule has 0 atom stereocenters. The fraction of sp³-hybridized carbons (Fsp3) is 0. The third-order valence-corrected chi connectivity index (χ3v) is 3.39. The molecular weight excluding hydrogens is 310 g/mol. The van der Waals surface area contributed by atoms with Gasteiger partial charge < -0.3 is 9.05 Å². The summed E-state index contributed by atoms with van der Waals surface area (Å²) in [5.41, 5.74) is 0. The third kappa shape index (κ3) is 4.44. The van der Waals surface area contributed by atoms with E-state index in [9.17, 15) is 9.46 Å². The number of hydrogen-bond acceptors (Lipinski definition) is 3. The zero-order valence-electron chi connectivity index (χ0n) is 9.49. The van der Waals surface area contributed by atoms with Crippen LogP contribution in [0.4, 0.5) is 0 Å². The van der Waals surface area contributed by atoms with Crippen molar-refractivity contribution >= 4 is 31.0 Å². The normalized spacial score (nSPS) is 11.1. The summed E-state index contributed by atoms with van der Waals surface area (Å²) in [4.78, 5) is 9.63. The largest absolute Gasteiger partial charge is 0.584 e. The fourth-order valence-corrected chi connectivity index (χ4v) is 2.49. The molecule has 0 radical (unpaired) electrons. The summed E-state index contributed by atoms with van der Waals surface area (Å²) < 4.78 is 21.6. The van der Waals surface area contributed by atoms with Crippen molar-refractivity contribution in [3.8, 4) is 11.5 Å². The zero-order valence-corrected chi connectivity index (χ0v) is 11.9. The van der Waals surface area contributed by atoms with Crippen molar-refractivity contribution in [3.63, 3.8) is 0 Å². The van der Waals surface area contributed by atoms with Gasteiger partial charge in [0.05, 0.1) is 0 Å². The molecule has 0 spiro atoms. The van der Waals surface area contributed by atoms with Crippen molar-refractivity contribution in [1.82, 2.24) is 0 Å². The van der Waals surface area contributed by atoms with Gasteiger partial charge in [-0.1, -0.05) is 35.3 Å². The van der Waals surface area contributed by atoms with Crippen LogP contribution in [-0.2, 0) is 4.57 Å². The van der Waals surface area contributed by atoms with Gasteiger partial charge in [-0.05, 0) is 36.4 Å². The molecule has 0 unspecified atom stereocenters. The average molecular weight is 319 g/mol. The topological polar surface area (TPSA) is 55.8 Å². The Morgan fingerprint density at radius 2 is 1.32 bits per heavy atom. The molecule has 0 amide bonds. The van der Waals surface area contributed by atoms with E-state index in [0.717, 1.165) is 0 Å². The molecule has 0 aromatic heterocycles. The molecule has 7 heteroatoms. The van der Waals surface area contributed by atoms with Crippen molar-refractivity contribution in [2.75, 3.05) is 0 Å². The molecule has 0 saturated carbocycles. The number of phosphoric ester groups is 1. The van der Waals surface area contributed by atoms with Crippen molar-refractivity contribution in [3.05, 3.63) is 58.6 Å². The Hall–Kier alpha value is -1.19. The summed E-state index contributed by atoms with van der Waals surface area (Å²) in [6.07, 6.45) is 0. The molecule has 2 aromatic carbocycles. The summed E-state index contributed by atoms with van der Waals surface area (Å²) in [5.74, 6) is 0.278. The highest BCUT2D eigenvalue weighted by Crippen LogP contribution is 2.44. The maximum atomic E-state index is 11.8. The van der Waals surface area contributed by atoms with Crippen LogP contribution in [0.15, 0.2) is 48.5 Å². The predicted octanol–water partition coefficient (Wildman–Crippen LogP) is 4.55. The van der Waals surface area contributed by atoms with E-state index in [-0.39, 0.29) is 11.5 Å². The fourth-order valence-electron chi connectivity index (χ4n) is 1.33. The van der Waals surface area contributed by atoms with Crippen LogP contribution in [0.3, 0.4) is 0 Å². The Morgan fingerprint density at radius 3 is 1.68 bits per heavy atom. The van der Waals surface area contributed by atoms with Gasteiger partial charge in [0.1, 0.15) is 11.5 Å². The van der Waals surface area contributed by atoms with Crippen molar-refractivity contribution in [1.29, 1.82) is 0 Å². The molecule has 0 saturated heterocycles. The van der Waals surface area contributed by atoms with Gasteiger partial charge in [0.2, 0.25) is 0 Å². The second-order valence-corrected chi connectivity index (χ2v) is 5.74. The van der Waals surface area contributed by atoms with E-state index in [4.69, 9.17) is 32.2 Å². The molecule has 4 nitrogen and oxygen atoms in total. The number of phosphoric acid groups is 1. The lowest BCUT2D eigenvalue weighted by atomic mass is 10.3. The van der Waals surface area contributed by atoms with Gasteiger partial charge in [-0.25, -0.2) is 4.57 Å². The van der Waals surface area contributed by atoms with E-state index in [1.54, 1.807) is 24.3 Å². The quantitative estimate of drug-likeness (QED) is 0.840. The van der Waals surface area contributed by atoms with E-state index in [0.29, 0.717) is 10.0 Å². The maximum absolute atomic E-state index is 11.8. The van der Waals surface area contributed by atoms with Crippen molar-refractivity contribution in [2.24, 2.45) is 0 Å². The lowest BCUT2D eigenvalue weighted by Crippen LogP contribution is -1.99. The lowest BCUT2D eigenvalue weighted by molar-refractivity contribution is 0.291. The summed E-state index contributed by atoms with van der Waals surface area (Å²) in [5, 5.41) is 0.778. The summed E-state index contributed by atoms with van der Waals surface area (Å²) in [6.45, 7) is 0. The summed E-state index contributed by atoms with van der Waals surface area (Å²) in [7, 11) is -4.29. The highest BCUT2D eigenvalue weighted by Gasteiger charge is 2.25. The second-order valence-electron chi connectivity index (χ2n) is 3.57. The van der Waals surface area contributed by atoms with E-state index < -0.39 is 7.82 Å². The zero-order chi connectivity index (χ0) is 13.9. The van der Waals surface area contributed by atoms with Crippen LogP contribution in [0.1, 0.15) is 0 Å². The second kappa shape index (κ2) is 5.85. The minimum absolute atomic E-state index is 0.139. The van der Waals surface area contributed by atoms with Crippen molar-refractivity contribution in [2.45, 2.75) is 0 Å². The first kappa shape index (κ1) is 14.2. The maximum Gasteiger partial charge on any atom is 0.584 e. The minimum Gasteiger partial charge on any atom is -0.395 e. The van der Waals surface area contributed by atoms with Crippen LogP contribution in [0.2, 0.25) is 10.0 Å². The van der Waals surface area contributed by atoms with Gasteiger partial charge in [-0.2, -0.15) is 0 Å². The lowest BCUT2D eigenvalue weighted by Gasteiger charge is -2.13. The minimum atomic E-state index is -4.29. The van der Waals surface area contributed by atoms with Gasteiger partial charge in [-0.15, -0.1) is 0 Å². The van der Waals surface area contributed by atoms with Gasteiger partial charge in [0, 0.05) is 10.0 Å². The monoisotopic (exact) mass is 318 g/mol. The van der Waals surface area contributed by atoms with E-state index in [1.807, 2.05) is 0 Å². The van der Waals surface area contributed by atoms with Gasteiger partial charge in [0.25, 0.3) is 0 Å². The Balaban J connectivity index is 2.12. The molecule has 0 aliphatic rings. The molecular formula is C12H9Cl2O4P. The summed E-state index contributed by atoms with van der Waals surface area (Å²) >= 11 is 11.5. The Labute approximate surface area is 120 Å². The predicted molar refractivity (Wildman–Crippen MR) is 74.0 cm³/mol. The Kier molecular flexibility index (Phi) is 4.38. The van der Waals surface area contributed by atoms with E-state index in [2.05, 4.69) is 0 Å². The third-order valence-electron chi connectivity index (χ3n) is 2.03. The Morgan fingerprint density at radius 1 is 0.895 bits per heavy atom. The molecule has 0 aliphatic carbocycles. The molecule has 2 aromatic rings. The smallest absolute Gasteiger partial charge is 0.395 e. The van der Waals surface area contributed by atoms with Crippen molar-refractivity contribution < 1.29 is 18.5 Å². The molecule has 0 fully saturated rings. The number of hydrogen-bond donors (Lipinski definition) is 1. The van der Waals surface area contributed by atoms with Crippen LogP contribution >= 0.6 is 31.0 Å². The van der Waals surface area contributed by atoms with Crippen LogP contribution in [0.25, 0.3) is 0 Å². The molecule has 2 rings (SSSR count). The van der Waals surface area contributed by atoms with Crippen LogP contribution in [0.5, 0.6) is 11.5 Å². The standard InChI is InChI=1S/C12H9Cl2O4P/c13-9-3-1-5-11(7-9)17-19(15,16)18-12-6-2-4-10(14)8-12/h1-8H,(H,15,16). The molecule has 1 N–H and O–H groups in total. The van der Waals surface area contributed by atoms with Gasteiger partial charge in [-0.3, -0.25) is 4.89 Å². The van der Waals surface area contributed by atoms with Gasteiger partial charge >= 0.3 is 7.82 Å². The number of benzene rings is 2. The highest BCUT2D eigenvalue weighted by atomic mass is 35.5. The molecule has 0 aliphatic heterocycles. The number of rotatable bonds is 4. The molecule has 0 bridgehead atoms. The molecule has 0 heterocycles. The average Bonchev–Trinajstić information content (AvgIpc) is 2.27. The molecule has 19 heavy (non-hydrogen) atoms. The SMILES string of the molecule is O=P(O)(Oc1cccc(Cl)c1)Oc1cccc(Cl)c1. The first-order valence-electron chi connectivity index (χ1n) is 5.18. The van der Waals surface area contributed by atoms with Crippen LogP contribution in [0, 0.1) is 0 Å². The summed E-state index contributed by atoms with van der Waals surface area (Å²) in [6, 6.07) is 12.2. The highest BCUT2D eigenvalue weighted by molar-refractivity contribution is 7.48. The van der Waals surface area contributed by atoms with Gasteiger partial charge in [0.15, 0.2) is 0 Å². The van der Waals surface area contributed by atoms with E-state index >= 15 is 0 Å². The van der Waals surface area contributed by atoms with Crippen LogP contribution in [-0.4, -0.2) is 4.89 Å². The van der Waals surface area contributed by atoms with E-state index in [1.165, 1.54) is 24.3 Å². The Bertz CT molecular complexity index is 581. The molecule has 100 valence electrons. The van der Waals surface area contributed by atoms with Crippen LogP contribution < -0.4 is 9.05 Å². The number of halogens is 2.